The minimum absolute atomic E-state index is 0.0113. The topological polar surface area (TPSA) is 130 Å². The summed E-state index contributed by atoms with van der Waals surface area (Å²) >= 11 is 7.61. The predicted octanol–water partition coefficient (Wildman–Crippen LogP) is 1.80. The Balaban J connectivity index is 1.49. The lowest BCUT2D eigenvalue weighted by molar-refractivity contribution is -0.148. The van der Waals surface area contributed by atoms with Gasteiger partial charge in [-0.1, -0.05) is 23.1 Å². The SMILES string of the molecule is Cc1nnc(SCC2=C(C(=O)O)N3C(=O)[C@@H](NC(=O)c4nn(C)c(C)c4Br)[C@@H]3SC2)s1. The highest BCUT2D eigenvalue weighted by Gasteiger charge is 2.54. The van der Waals surface area contributed by atoms with Gasteiger partial charge in [0.15, 0.2) is 10.0 Å². The Morgan fingerprint density at radius 3 is 2.68 bits per heavy atom. The Kier molecular flexibility index (Phi) is 6.16. The number of fused-ring (bicyclic) bond motifs is 1. The van der Waals surface area contributed by atoms with Gasteiger partial charge in [-0.25, -0.2) is 4.79 Å². The maximum absolute atomic E-state index is 12.8. The Bertz CT molecular complexity index is 1130. The molecule has 0 bridgehead atoms. The largest absolute Gasteiger partial charge is 0.477 e. The van der Waals surface area contributed by atoms with E-state index in [1.165, 1.54) is 39.8 Å². The summed E-state index contributed by atoms with van der Waals surface area (Å²) in [7, 11) is 1.72. The summed E-state index contributed by atoms with van der Waals surface area (Å²) in [6, 6.07) is -0.805. The molecule has 14 heteroatoms. The van der Waals surface area contributed by atoms with Crippen LogP contribution >= 0.6 is 50.8 Å². The highest BCUT2D eigenvalue weighted by atomic mass is 79.9. The van der Waals surface area contributed by atoms with Crippen molar-refractivity contribution in [1.29, 1.82) is 0 Å². The summed E-state index contributed by atoms with van der Waals surface area (Å²) < 4.78 is 2.88. The zero-order chi connectivity index (χ0) is 22.4. The molecular weight excluding hydrogens is 528 g/mol. The number of hydrogen-bond donors (Lipinski definition) is 2. The Labute approximate surface area is 198 Å². The third kappa shape index (κ3) is 4.01. The van der Waals surface area contributed by atoms with Gasteiger partial charge in [0.1, 0.15) is 22.1 Å². The van der Waals surface area contributed by atoms with Crippen LogP contribution in [-0.2, 0) is 16.6 Å². The molecule has 2 aliphatic heterocycles. The van der Waals surface area contributed by atoms with Crippen LogP contribution in [0.1, 0.15) is 21.2 Å². The van der Waals surface area contributed by atoms with E-state index in [1.807, 2.05) is 13.8 Å². The van der Waals surface area contributed by atoms with E-state index in [0.29, 0.717) is 21.6 Å². The molecule has 164 valence electrons. The number of aryl methyl sites for hydroxylation is 2. The van der Waals surface area contributed by atoms with E-state index in [2.05, 4.69) is 36.5 Å². The van der Waals surface area contributed by atoms with E-state index in [-0.39, 0.29) is 11.4 Å². The number of halogens is 1. The van der Waals surface area contributed by atoms with Crippen LogP contribution in [0.2, 0.25) is 0 Å². The van der Waals surface area contributed by atoms with Crippen LogP contribution in [0.15, 0.2) is 20.1 Å². The fourth-order valence-electron chi connectivity index (χ4n) is 3.22. The van der Waals surface area contributed by atoms with Crippen molar-refractivity contribution in [1.82, 2.24) is 30.2 Å². The number of nitrogens with one attached hydrogen (secondary N) is 1. The van der Waals surface area contributed by atoms with Crippen LogP contribution in [0.25, 0.3) is 0 Å². The number of carboxylic acids is 1. The van der Waals surface area contributed by atoms with Gasteiger partial charge < -0.3 is 10.4 Å². The number of rotatable bonds is 6. The number of aromatic nitrogens is 4. The van der Waals surface area contributed by atoms with Crippen LogP contribution in [0, 0.1) is 13.8 Å². The first kappa shape index (κ1) is 22.3. The molecule has 2 amide bonds. The van der Waals surface area contributed by atoms with Gasteiger partial charge in [0.2, 0.25) is 0 Å². The average Bonchev–Trinajstić information content (AvgIpc) is 3.27. The number of carbonyl (C=O) groups is 3. The van der Waals surface area contributed by atoms with Gasteiger partial charge in [0.25, 0.3) is 11.8 Å². The maximum atomic E-state index is 12.8. The quantitative estimate of drug-likeness (QED) is 0.412. The number of amides is 2. The molecule has 0 unspecified atom stereocenters. The molecule has 0 aromatic carbocycles. The smallest absolute Gasteiger partial charge is 0.352 e. The van der Waals surface area contributed by atoms with Gasteiger partial charge in [-0.05, 0) is 35.4 Å². The Hall–Kier alpha value is -1.90. The van der Waals surface area contributed by atoms with Crippen molar-refractivity contribution in [2.24, 2.45) is 7.05 Å². The summed E-state index contributed by atoms with van der Waals surface area (Å²) in [4.78, 5) is 38.7. The zero-order valence-corrected chi connectivity index (χ0v) is 20.6. The molecule has 0 saturated carbocycles. The highest BCUT2D eigenvalue weighted by Crippen LogP contribution is 2.42. The van der Waals surface area contributed by atoms with Crippen LogP contribution in [-0.4, -0.2) is 70.7 Å². The van der Waals surface area contributed by atoms with E-state index >= 15 is 0 Å². The average molecular weight is 545 g/mol. The fraction of sp³-hybridized carbons (Fsp3) is 0.412. The minimum Gasteiger partial charge on any atom is -0.477 e. The number of thioether (sulfide) groups is 2. The second-order valence-electron chi connectivity index (χ2n) is 6.87. The molecule has 2 aromatic heterocycles. The number of aliphatic carboxylic acids is 1. The van der Waals surface area contributed by atoms with Crippen LogP contribution in [0.3, 0.4) is 0 Å². The number of hydrogen-bond acceptors (Lipinski definition) is 9. The number of carbonyl (C=O) groups excluding carboxylic acids is 2. The van der Waals surface area contributed by atoms with Crippen LogP contribution < -0.4 is 5.32 Å². The van der Waals surface area contributed by atoms with E-state index in [4.69, 9.17) is 0 Å². The summed E-state index contributed by atoms with van der Waals surface area (Å²) in [6.45, 7) is 3.66. The van der Waals surface area contributed by atoms with Gasteiger partial charge in [-0.15, -0.1) is 22.0 Å². The number of nitrogens with zero attached hydrogens (tertiary/aromatic N) is 5. The molecule has 2 aromatic rings. The Morgan fingerprint density at radius 1 is 1.35 bits per heavy atom. The first-order valence-corrected chi connectivity index (χ1v) is 12.7. The van der Waals surface area contributed by atoms with E-state index in [9.17, 15) is 19.5 Å². The van der Waals surface area contributed by atoms with Crippen molar-refractivity contribution in [2.75, 3.05) is 11.5 Å². The minimum atomic E-state index is -1.16. The van der Waals surface area contributed by atoms with Gasteiger partial charge in [0.05, 0.1) is 10.2 Å². The van der Waals surface area contributed by atoms with E-state index < -0.39 is 29.2 Å². The lowest BCUT2D eigenvalue weighted by atomic mass is 10.0. The molecule has 31 heavy (non-hydrogen) atoms. The monoisotopic (exact) mass is 544 g/mol. The standard InChI is InChI=1S/C17H17BrN6O4S3/c1-6-9(18)10(22-23(6)3)13(25)19-11-14(26)24-12(16(27)28)8(4-29-15(11)24)5-30-17-21-20-7(2)31-17/h11,15H,4-5H2,1-3H3,(H,19,25)(H,27,28)/t11-,15+/m1/s1. The molecule has 2 N–H and O–H groups in total. The molecule has 0 spiro atoms. The number of carboxylic acid groups (broad SMARTS) is 1. The molecule has 4 heterocycles. The highest BCUT2D eigenvalue weighted by molar-refractivity contribution is 9.10. The summed E-state index contributed by atoms with van der Waals surface area (Å²) in [6.07, 6.45) is 0. The van der Waals surface area contributed by atoms with E-state index in [1.54, 1.807) is 11.7 Å². The van der Waals surface area contributed by atoms with Crippen molar-refractivity contribution in [3.8, 4) is 0 Å². The molecule has 0 radical (unpaired) electrons. The van der Waals surface area contributed by atoms with Gasteiger partial charge in [-0.2, -0.15) is 5.10 Å². The summed E-state index contributed by atoms with van der Waals surface area (Å²) in [5.74, 6) is -1.24. The van der Waals surface area contributed by atoms with Crippen molar-refractivity contribution in [2.45, 2.75) is 29.6 Å². The molecule has 2 aliphatic rings. The molecule has 1 saturated heterocycles. The molecule has 0 aliphatic carbocycles. The second-order valence-corrected chi connectivity index (χ2v) is 11.2. The molecular formula is C17H17BrN6O4S3. The first-order valence-electron chi connectivity index (χ1n) is 9.02. The van der Waals surface area contributed by atoms with Gasteiger partial charge >= 0.3 is 5.97 Å². The lowest BCUT2D eigenvalue weighted by Gasteiger charge is -2.49. The van der Waals surface area contributed by atoms with E-state index in [0.717, 1.165) is 15.0 Å². The summed E-state index contributed by atoms with van der Waals surface area (Å²) in [5.41, 5.74) is 1.60. The molecule has 10 nitrogen and oxygen atoms in total. The number of β-lactam (4-membered cyclic amide) rings is 1. The molecule has 2 atom stereocenters. The van der Waals surface area contributed by atoms with Crippen LogP contribution in [0.5, 0.6) is 0 Å². The Morgan fingerprint density at radius 2 is 2.10 bits per heavy atom. The summed E-state index contributed by atoms with van der Waals surface area (Å²) in [5, 5.41) is 25.0. The molecule has 1 fully saturated rings. The van der Waals surface area contributed by atoms with Crippen molar-refractivity contribution in [3.05, 3.63) is 32.1 Å². The second kappa shape index (κ2) is 8.56. The third-order valence-electron chi connectivity index (χ3n) is 4.89. The van der Waals surface area contributed by atoms with Crippen LogP contribution in [0.4, 0.5) is 0 Å². The van der Waals surface area contributed by atoms with Crippen molar-refractivity contribution in [3.63, 3.8) is 0 Å². The van der Waals surface area contributed by atoms with Gasteiger partial charge in [-0.3, -0.25) is 19.2 Å². The zero-order valence-electron chi connectivity index (χ0n) is 16.6. The fourth-order valence-corrected chi connectivity index (χ4v) is 7.03. The maximum Gasteiger partial charge on any atom is 0.352 e. The van der Waals surface area contributed by atoms with Crippen molar-refractivity contribution >= 4 is 68.6 Å². The normalized spacial score (nSPS) is 20.5. The lowest BCUT2D eigenvalue weighted by Crippen LogP contribution is -2.70. The molecule has 4 rings (SSSR count). The van der Waals surface area contributed by atoms with Crippen molar-refractivity contribution < 1.29 is 19.5 Å². The first-order chi connectivity index (χ1) is 14.7. The third-order valence-corrected chi connectivity index (χ3v) is 9.24. The van der Waals surface area contributed by atoms with Gasteiger partial charge in [0, 0.05) is 18.6 Å². The predicted molar refractivity (Wildman–Crippen MR) is 120 cm³/mol.